The lowest BCUT2D eigenvalue weighted by molar-refractivity contribution is -0.123. The molecule has 0 aliphatic carbocycles. The Morgan fingerprint density at radius 3 is 2.47 bits per heavy atom. The van der Waals surface area contributed by atoms with E-state index in [0.717, 1.165) is 5.69 Å². The van der Waals surface area contributed by atoms with Crippen molar-refractivity contribution in [1.82, 2.24) is 4.57 Å². The molecule has 0 bridgehead atoms. The second-order valence-electron chi connectivity index (χ2n) is 6.79. The number of ether oxygens (including phenoxy) is 1. The van der Waals surface area contributed by atoms with Crippen molar-refractivity contribution in [2.24, 2.45) is 0 Å². The van der Waals surface area contributed by atoms with Crippen molar-refractivity contribution in [1.29, 1.82) is 5.26 Å². The molecule has 30 heavy (non-hydrogen) atoms. The van der Waals surface area contributed by atoms with Gasteiger partial charge < -0.3 is 14.6 Å². The zero-order chi connectivity index (χ0) is 21.8. The summed E-state index contributed by atoms with van der Waals surface area (Å²) < 4.78 is 20.4. The smallest absolute Gasteiger partial charge is 0.340 e. The van der Waals surface area contributed by atoms with E-state index in [1.807, 2.05) is 17.6 Å². The number of hydrogen-bond acceptors (Lipinski definition) is 4. The van der Waals surface area contributed by atoms with Gasteiger partial charge in [-0.1, -0.05) is 12.1 Å². The number of aromatic nitrogens is 1. The number of carbonyl (C=O) groups excluding carboxylic acids is 2. The first-order valence-corrected chi connectivity index (χ1v) is 9.27. The van der Waals surface area contributed by atoms with Crippen LogP contribution in [0.1, 0.15) is 34.2 Å². The lowest BCUT2D eigenvalue weighted by atomic mass is 10.2. The van der Waals surface area contributed by atoms with E-state index < -0.39 is 18.0 Å². The summed E-state index contributed by atoms with van der Waals surface area (Å²) in [5.41, 5.74) is 3.07. The third-order valence-corrected chi connectivity index (χ3v) is 4.69. The lowest BCUT2D eigenvalue weighted by Gasteiger charge is -2.14. The minimum atomic E-state index is -1.07. The highest BCUT2D eigenvalue weighted by atomic mass is 19.1. The van der Waals surface area contributed by atoms with Crippen LogP contribution in [0.3, 0.4) is 0 Å². The highest BCUT2D eigenvalue weighted by Gasteiger charge is 2.23. The van der Waals surface area contributed by atoms with Gasteiger partial charge in [0.2, 0.25) is 0 Å². The molecule has 0 fully saturated rings. The summed E-state index contributed by atoms with van der Waals surface area (Å²) in [5.74, 6) is -1.54. The Balaban J connectivity index is 1.76. The predicted octanol–water partition coefficient (Wildman–Crippen LogP) is 4.29. The predicted molar refractivity (Wildman–Crippen MR) is 110 cm³/mol. The highest BCUT2D eigenvalue weighted by Crippen LogP contribution is 2.22. The third-order valence-electron chi connectivity index (χ3n) is 4.69. The summed E-state index contributed by atoms with van der Waals surface area (Å²) in [4.78, 5) is 25.1. The fourth-order valence-corrected chi connectivity index (χ4v) is 3.16. The zero-order valence-corrected chi connectivity index (χ0v) is 16.8. The summed E-state index contributed by atoms with van der Waals surface area (Å²) >= 11 is 0. The van der Waals surface area contributed by atoms with Crippen LogP contribution in [0.25, 0.3) is 5.69 Å². The van der Waals surface area contributed by atoms with E-state index in [1.54, 1.807) is 49.4 Å². The second kappa shape index (κ2) is 8.62. The number of anilines is 1. The fraction of sp³-hybridized carbons (Fsp3) is 0.174. The van der Waals surface area contributed by atoms with Crippen LogP contribution in [-0.4, -0.2) is 22.5 Å². The summed E-state index contributed by atoms with van der Waals surface area (Å²) in [5, 5.41) is 11.7. The molecule has 0 spiro atoms. The summed E-state index contributed by atoms with van der Waals surface area (Å²) in [6.45, 7) is 5.03. The van der Waals surface area contributed by atoms with Crippen molar-refractivity contribution in [3.8, 4) is 11.8 Å². The number of nitrogens with one attached hydrogen (secondary N) is 1. The van der Waals surface area contributed by atoms with Crippen LogP contribution < -0.4 is 5.32 Å². The first-order chi connectivity index (χ1) is 14.3. The molecule has 7 heteroatoms. The van der Waals surface area contributed by atoms with E-state index in [4.69, 9.17) is 10.00 Å². The van der Waals surface area contributed by atoms with E-state index in [9.17, 15) is 14.0 Å². The number of hydrogen-bond donors (Lipinski definition) is 1. The molecule has 3 aromatic rings. The Bertz CT molecular complexity index is 1140. The molecule has 0 radical (unpaired) electrons. The topological polar surface area (TPSA) is 84.1 Å². The maximum Gasteiger partial charge on any atom is 0.340 e. The Morgan fingerprint density at radius 1 is 1.13 bits per heavy atom. The number of para-hydroxylation sites is 1. The van der Waals surface area contributed by atoms with Gasteiger partial charge >= 0.3 is 5.97 Å². The monoisotopic (exact) mass is 405 g/mol. The van der Waals surface area contributed by atoms with Crippen LogP contribution in [-0.2, 0) is 9.53 Å². The molecule has 1 amide bonds. The molecule has 3 rings (SSSR count). The van der Waals surface area contributed by atoms with Gasteiger partial charge in [-0.15, -0.1) is 0 Å². The van der Waals surface area contributed by atoms with Crippen molar-refractivity contribution in [3.63, 3.8) is 0 Å². The molecule has 0 aliphatic heterocycles. The maximum absolute atomic E-state index is 13.2. The van der Waals surface area contributed by atoms with Crippen LogP contribution in [0.5, 0.6) is 0 Å². The van der Waals surface area contributed by atoms with Crippen molar-refractivity contribution in [3.05, 3.63) is 82.9 Å². The Labute approximate surface area is 173 Å². The minimum Gasteiger partial charge on any atom is -0.449 e. The van der Waals surface area contributed by atoms with Gasteiger partial charge in [-0.25, -0.2) is 9.18 Å². The molecule has 1 N–H and O–H groups in total. The molecule has 0 saturated heterocycles. The number of esters is 1. The number of nitriles is 1. The fourth-order valence-electron chi connectivity index (χ4n) is 3.16. The van der Waals surface area contributed by atoms with Crippen LogP contribution in [0.15, 0.2) is 54.6 Å². The van der Waals surface area contributed by atoms with E-state index in [2.05, 4.69) is 5.32 Å². The zero-order valence-electron chi connectivity index (χ0n) is 16.8. The Hall–Kier alpha value is -3.92. The van der Waals surface area contributed by atoms with E-state index in [0.29, 0.717) is 28.2 Å². The van der Waals surface area contributed by atoms with Gasteiger partial charge in [0.15, 0.2) is 6.10 Å². The standard InChI is InChI=1S/C23H20FN3O3/c1-14-12-20(15(2)27(14)19-10-8-18(24)9-11-19)23(29)30-16(3)22(28)26-21-7-5-4-6-17(21)13-25/h4-12,16H,1-3H3,(H,26,28)/t16-/m0/s1. The van der Waals surface area contributed by atoms with Crippen LogP contribution in [0.2, 0.25) is 0 Å². The maximum atomic E-state index is 13.2. The Kier molecular flexibility index (Phi) is 5.98. The molecule has 2 aromatic carbocycles. The van der Waals surface area contributed by atoms with Gasteiger partial charge in [0.25, 0.3) is 5.91 Å². The van der Waals surface area contributed by atoms with E-state index in [1.165, 1.54) is 19.1 Å². The largest absolute Gasteiger partial charge is 0.449 e. The van der Waals surface area contributed by atoms with Crippen molar-refractivity contribution in [2.45, 2.75) is 26.9 Å². The molecule has 1 heterocycles. The average molecular weight is 405 g/mol. The van der Waals surface area contributed by atoms with Gasteiger partial charge in [-0.05, 0) is 63.2 Å². The first kappa shape index (κ1) is 20.8. The molecule has 0 aliphatic rings. The molecule has 6 nitrogen and oxygen atoms in total. The van der Waals surface area contributed by atoms with Crippen molar-refractivity contribution in [2.75, 3.05) is 5.32 Å². The number of rotatable bonds is 5. The highest BCUT2D eigenvalue weighted by molar-refractivity contribution is 5.98. The number of nitrogens with zero attached hydrogens (tertiary/aromatic N) is 2. The number of carbonyl (C=O) groups is 2. The minimum absolute atomic E-state index is 0.312. The normalized spacial score (nSPS) is 11.4. The van der Waals surface area contributed by atoms with E-state index >= 15 is 0 Å². The molecule has 1 atom stereocenters. The first-order valence-electron chi connectivity index (χ1n) is 9.27. The summed E-state index contributed by atoms with van der Waals surface area (Å²) in [6, 6.07) is 16.1. The Morgan fingerprint density at radius 2 is 1.80 bits per heavy atom. The van der Waals surface area contributed by atoms with Gasteiger partial charge in [0, 0.05) is 17.1 Å². The second-order valence-corrected chi connectivity index (χ2v) is 6.79. The van der Waals surface area contributed by atoms with Gasteiger partial charge in [0.1, 0.15) is 11.9 Å². The van der Waals surface area contributed by atoms with Crippen LogP contribution in [0.4, 0.5) is 10.1 Å². The molecular weight excluding hydrogens is 385 g/mol. The van der Waals surface area contributed by atoms with Gasteiger partial charge in [-0.2, -0.15) is 5.26 Å². The number of aryl methyl sites for hydroxylation is 1. The molecule has 0 saturated carbocycles. The molecular formula is C23H20FN3O3. The average Bonchev–Trinajstić information content (AvgIpc) is 3.03. The van der Waals surface area contributed by atoms with Gasteiger partial charge in [-0.3, -0.25) is 4.79 Å². The molecule has 152 valence electrons. The number of halogens is 1. The molecule has 0 unspecified atom stereocenters. The molecule has 1 aromatic heterocycles. The lowest BCUT2D eigenvalue weighted by Crippen LogP contribution is -2.30. The third kappa shape index (κ3) is 4.23. The number of benzene rings is 2. The summed E-state index contributed by atoms with van der Waals surface area (Å²) in [6.07, 6.45) is -1.07. The number of amides is 1. The summed E-state index contributed by atoms with van der Waals surface area (Å²) in [7, 11) is 0. The van der Waals surface area contributed by atoms with E-state index in [-0.39, 0.29) is 5.82 Å². The SMILES string of the molecule is Cc1cc(C(=O)O[C@@H](C)C(=O)Nc2ccccc2C#N)c(C)n1-c1ccc(F)cc1. The van der Waals surface area contributed by atoms with Crippen molar-refractivity contribution < 1.29 is 18.7 Å². The van der Waals surface area contributed by atoms with Gasteiger partial charge in [0.05, 0.1) is 16.8 Å². The quantitative estimate of drug-likeness (QED) is 0.642. The van der Waals surface area contributed by atoms with Crippen LogP contribution in [0, 0.1) is 31.0 Å². The van der Waals surface area contributed by atoms with Crippen LogP contribution >= 0.6 is 0 Å². The van der Waals surface area contributed by atoms with Crippen molar-refractivity contribution >= 4 is 17.6 Å².